The lowest BCUT2D eigenvalue weighted by Gasteiger charge is -2.26. The van der Waals surface area contributed by atoms with E-state index in [4.69, 9.17) is 21.1 Å². The number of carbonyl (C=O) groups excluding carboxylic acids is 1. The lowest BCUT2D eigenvalue weighted by Crippen LogP contribution is -2.48. The van der Waals surface area contributed by atoms with Crippen molar-refractivity contribution in [2.24, 2.45) is 0 Å². The van der Waals surface area contributed by atoms with Crippen LogP contribution in [0.25, 0.3) is 20.3 Å². The molecule has 4 heterocycles. The number of hydrazine groups is 1. The van der Waals surface area contributed by atoms with Gasteiger partial charge in [0.25, 0.3) is 0 Å². The van der Waals surface area contributed by atoms with Crippen LogP contribution in [-0.4, -0.2) is 52.2 Å². The predicted octanol–water partition coefficient (Wildman–Crippen LogP) is 5.18. The summed E-state index contributed by atoms with van der Waals surface area (Å²) in [6, 6.07) is 11.6. The molecule has 0 bridgehead atoms. The van der Waals surface area contributed by atoms with Crippen LogP contribution in [0.4, 0.5) is 11.5 Å². The van der Waals surface area contributed by atoms with E-state index < -0.39 is 0 Å². The molecular weight excluding hydrogens is 544 g/mol. The third-order valence-electron chi connectivity index (χ3n) is 6.05. The zero-order valence-corrected chi connectivity index (χ0v) is 22.5. The van der Waals surface area contributed by atoms with Crippen LogP contribution < -0.4 is 15.5 Å². The van der Waals surface area contributed by atoms with Crippen LogP contribution in [0.1, 0.15) is 11.3 Å². The zero-order valence-electron chi connectivity index (χ0n) is 20.1. The molecule has 0 aliphatic carbocycles. The molecule has 0 atom stereocenters. The first-order valence-corrected chi connectivity index (χ1v) is 14.1. The van der Waals surface area contributed by atoms with Gasteiger partial charge in [-0.25, -0.2) is 20.0 Å². The molecule has 3 aromatic heterocycles. The van der Waals surface area contributed by atoms with Crippen molar-refractivity contribution in [3.63, 3.8) is 0 Å². The molecule has 2 N–H and O–H groups in total. The summed E-state index contributed by atoms with van der Waals surface area (Å²) in [5, 5.41) is 9.68. The van der Waals surface area contributed by atoms with Crippen LogP contribution in [0.5, 0.6) is 5.75 Å². The van der Waals surface area contributed by atoms with E-state index in [9.17, 15) is 4.79 Å². The fourth-order valence-corrected chi connectivity index (χ4v) is 6.11. The number of hydrogen-bond donors (Lipinski definition) is 2. The lowest BCUT2D eigenvalue weighted by molar-refractivity contribution is -0.127. The van der Waals surface area contributed by atoms with Gasteiger partial charge in [-0.2, -0.15) is 0 Å². The highest BCUT2D eigenvalue weighted by atomic mass is 35.5. The lowest BCUT2D eigenvalue weighted by atomic mass is 10.1. The summed E-state index contributed by atoms with van der Waals surface area (Å²) >= 11 is 9.59. The third kappa shape index (κ3) is 5.57. The second-order valence-corrected chi connectivity index (χ2v) is 10.8. The van der Waals surface area contributed by atoms with E-state index in [2.05, 4.69) is 31.8 Å². The van der Waals surface area contributed by atoms with Crippen LogP contribution in [0.3, 0.4) is 0 Å². The maximum absolute atomic E-state index is 12.6. The number of nitrogens with zero attached hydrogens (tertiary/aromatic N) is 4. The minimum absolute atomic E-state index is 0.0367. The summed E-state index contributed by atoms with van der Waals surface area (Å²) in [5.41, 5.74) is 7.33. The van der Waals surface area contributed by atoms with Crippen LogP contribution >= 0.6 is 34.3 Å². The van der Waals surface area contributed by atoms with Gasteiger partial charge in [-0.05, 0) is 29.8 Å². The van der Waals surface area contributed by atoms with Gasteiger partial charge in [0.1, 0.15) is 29.3 Å². The van der Waals surface area contributed by atoms with Gasteiger partial charge >= 0.3 is 0 Å². The minimum atomic E-state index is -0.0367. The topological polar surface area (TPSA) is 102 Å². The van der Waals surface area contributed by atoms with Gasteiger partial charge in [0, 0.05) is 34.2 Å². The van der Waals surface area contributed by atoms with Crippen LogP contribution in [0, 0.1) is 0 Å². The number of morpholine rings is 1. The van der Waals surface area contributed by atoms with E-state index in [1.807, 2.05) is 40.7 Å². The molecule has 1 fully saturated rings. The Morgan fingerprint density at radius 2 is 2.03 bits per heavy atom. The van der Waals surface area contributed by atoms with Crippen molar-refractivity contribution in [3.05, 3.63) is 69.9 Å². The van der Waals surface area contributed by atoms with Crippen molar-refractivity contribution in [3.8, 4) is 5.75 Å². The first-order valence-electron chi connectivity index (χ1n) is 12.0. The number of rotatable bonds is 8. The number of thiazole rings is 1. The molecule has 0 unspecified atom stereocenters. The molecule has 5 aromatic rings. The number of amides is 1. The summed E-state index contributed by atoms with van der Waals surface area (Å²) in [7, 11) is 0. The molecule has 1 amide bonds. The quantitative estimate of drug-likeness (QED) is 0.265. The molecule has 0 saturated carbocycles. The number of aromatic nitrogens is 3. The maximum atomic E-state index is 12.6. The van der Waals surface area contributed by atoms with E-state index in [0.717, 1.165) is 37.2 Å². The average molecular weight is 567 g/mol. The standard InChI is InChI=1S/C26H23ClN6O3S2/c27-20-11-17(2-4-21(20)36-12-18-13-37-15-30-18)31-25-24-19-3-1-16(9-22(19)38-26(24)29-14-28-25)10-23(34)32-33-5-7-35-8-6-33/h1-4,9,11,13-15H,5-8,10,12H2,(H,32,34)(H,28,29,31). The van der Waals surface area contributed by atoms with Gasteiger partial charge in [-0.15, -0.1) is 22.7 Å². The van der Waals surface area contributed by atoms with Crippen molar-refractivity contribution in [2.45, 2.75) is 13.0 Å². The largest absolute Gasteiger partial charge is 0.486 e. The van der Waals surface area contributed by atoms with Crippen molar-refractivity contribution >= 4 is 72.0 Å². The van der Waals surface area contributed by atoms with Crippen LogP contribution in [0.15, 0.2) is 53.6 Å². The molecule has 12 heteroatoms. The molecule has 0 radical (unpaired) electrons. The number of halogens is 1. The Balaban J connectivity index is 1.19. The number of anilines is 2. The Hall–Kier alpha value is -3.35. The normalized spacial score (nSPS) is 14.1. The Kier molecular flexibility index (Phi) is 7.34. The van der Waals surface area contributed by atoms with Crippen molar-refractivity contribution in [2.75, 3.05) is 31.6 Å². The highest BCUT2D eigenvalue weighted by Crippen LogP contribution is 2.38. The summed E-state index contributed by atoms with van der Waals surface area (Å²) < 4.78 is 12.2. The molecular formula is C26H23ClN6O3S2. The number of nitrogens with one attached hydrogen (secondary N) is 2. The Morgan fingerprint density at radius 3 is 2.84 bits per heavy atom. The Morgan fingerprint density at radius 1 is 1.13 bits per heavy atom. The average Bonchev–Trinajstić information content (AvgIpc) is 3.56. The highest BCUT2D eigenvalue weighted by Gasteiger charge is 2.16. The van der Waals surface area contributed by atoms with E-state index in [1.165, 1.54) is 11.3 Å². The summed E-state index contributed by atoms with van der Waals surface area (Å²) in [6.45, 7) is 3.01. The van der Waals surface area contributed by atoms with Gasteiger partial charge < -0.3 is 14.8 Å². The van der Waals surface area contributed by atoms with Crippen molar-refractivity contribution in [1.29, 1.82) is 0 Å². The van der Waals surface area contributed by atoms with E-state index in [0.29, 0.717) is 55.9 Å². The van der Waals surface area contributed by atoms with Crippen LogP contribution in [-0.2, 0) is 22.6 Å². The maximum Gasteiger partial charge on any atom is 0.238 e. The minimum Gasteiger partial charge on any atom is -0.486 e. The molecule has 1 aliphatic heterocycles. The monoisotopic (exact) mass is 566 g/mol. The molecule has 38 heavy (non-hydrogen) atoms. The first kappa shape index (κ1) is 25.0. The highest BCUT2D eigenvalue weighted by molar-refractivity contribution is 7.25. The number of benzene rings is 2. The predicted molar refractivity (Wildman–Crippen MR) is 150 cm³/mol. The molecule has 2 aromatic carbocycles. The molecule has 1 saturated heterocycles. The van der Waals surface area contributed by atoms with Gasteiger partial charge in [0.15, 0.2) is 0 Å². The summed E-state index contributed by atoms with van der Waals surface area (Å²) in [4.78, 5) is 26.6. The molecule has 194 valence electrons. The Bertz CT molecular complexity index is 1590. The van der Waals surface area contributed by atoms with Gasteiger partial charge in [-0.1, -0.05) is 23.7 Å². The van der Waals surface area contributed by atoms with Gasteiger partial charge in [0.05, 0.1) is 41.2 Å². The number of fused-ring (bicyclic) bond motifs is 3. The second kappa shape index (κ2) is 11.2. The fourth-order valence-electron chi connectivity index (χ4n) is 4.23. The van der Waals surface area contributed by atoms with Gasteiger partial charge in [0.2, 0.25) is 5.91 Å². The van der Waals surface area contributed by atoms with E-state index in [1.54, 1.807) is 23.2 Å². The number of ether oxygens (including phenoxy) is 2. The first-order chi connectivity index (χ1) is 18.6. The summed E-state index contributed by atoms with van der Waals surface area (Å²) in [6.07, 6.45) is 1.84. The second-order valence-electron chi connectivity index (χ2n) is 8.68. The molecule has 6 rings (SSSR count). The number of carbonyl (C=O) groups is 1. The van der Waals surface area contributed by atoms with E-state index in [-0.39, 0.29) is 5.91 Å². The van der Waals surface area contributed by atoms with E-state index >= 15 is 0 Å². The van der Waals surface area contributed by atoms with Crippen molar-refractivity contribution in [1.82, 2.24) is 25.4 Å². The number of hydrogen-bond acceptors (Lipinski definition) is 10. The van der Waals surface area contributed by atoms with Gasteiger partial charge in [-0.3, -0.25) is 10.2 Å². The van der Waals surface area contributed by atoms with Crippen molar-refractivity contribution < 1.29 is 14.3 Å². The Labute approximate surface area is 231 Å². The zero-order chi connectivity index (χ0) is 25.9. The van der Waals surface area contributed by atoms with Crippen LogP contribution in [0.2, 0.25) is 5.02 Å². The smallest absolute Gasteiger partial charge is 0.238 e. The SMILES string of the molecule is O=C(Cc1ccc2c(c1)sc1ncnc(Nc3ccc(OCc4cscn4)c(Cl)c3)c12)NN1CCOCC1. The third-order valence-corrected chi connectivity index (χ3v) is 8.04. The molecule has 1 aliphatic rings. The summed E-state index contributed by atoms with van der Waals surface area (Å²) in [5.74, 6) is 1.24. The molecule has 9 nitrogen and oxygen atoms in total. The fraction of sp³-hybridized carbons (Fsp3) is 0.231. The number of thiophene rings is 1. The molecule has 0 spiro atoms.